The number of amides is 9. The maximum absolute atomic E-state index is 14.7. The lowest BCUT2D eigenvalue weighted by Gasteiger charge is -2.41. The number of benzene rings is 1. The van der Waals surface area contributed by atoms with E-state index < -0.39 is 120 Å². The fraction of sp³-hybridized carbons (Fsp3) is 0.736. The number of carbonyl (C=O) groups is 8. The van der Waals surface area contributed by atoms with Gasteiger partial charge in [0.1, 0.15) is 18.1 Å². The third kappa shape index (κ3) is 19.2. The van der Waals surface area contributed by atoms with Crippen molar-refractivity contribution in [3.63, 3.8) is 0 Å². The van der Waals surface area contributed by atoms with Crippen LogP contribution in [0, 0.1) is 29.6 Å². The smallest absolute Gasteiger partial charge is 0.412 e. The van der Waals surface area contributed by atoms with Crippen LogP contribution in [0.5, 0.6) is 0 Å². The number of ether oxygens (including phenoxy) is 3. The molecule has 1 aliphatic heterocycles. The molecule has 426 valence electrons. The van der Waals surface area contributed by atoms with Gasteiger partial charge >= 0.3 is 12.1 Å². The molecular weight excluding hydrogens is 969 g/mol. The molecule has 1 aromatic rings. The van der Waals surface area contributed by atoms with Gasteiger partial charge in [-0.1, -0.05) is 99.1 Å². The normalized spacial score (nSPS) is 18.5. The predicted octanol–water partition coefficient (Wildman–Crippen LogP) is 2.76. The van der Waals surface area contributed by atoms with Gasteiger partial charge in [0.15, 0.2) is 6.23 Å². The van der Waals surface area contributed by atoms with Crippen molar-refractivity contribution in [2.75, 3.05) is 41.4 Å². The standard InChI is InChI=1S/C53H92N10O12/c1-16-32(8)44(39(73-14)28-40(64)63-27-21-25-38(63)46(74-15)33(9)47(66)57-34(10)45(65)36-22-18-17-19-23-36)61(12)51(70)42(30(4)5)60-50(69)43(31(6)7)62(13)53(72)75-35(11)58-48(67)37(24-20-26-56-52(55)71)59-49(68)41(54)29(2)3/h17-19,22-23,29-35,37-39,41-46,65H,16,20-21,24-28,54H2,1-15H3,(H,57,66)(H,58,67)(H,59,68)(H,60,69)(H3,55,56,71)/t32-,33+,34+,35?,37-,38?,39+,41-,42-,43-,44-,45+,46+/m0/s1. The fourth-order valence-electron chi connectivity index (χ4n) is 9.61. The molecule has 1 aliphatic rings. The number of urea groups is 1. The summed E-state index contributed by atoms with van der Waals surface area (Å²) in [5.41, 5.74) is 11.8. The Hall–Kier alpha value is -5.58. The maximum atomic E-state index is 14.7. The van der Waals surface area contributed by atoms with Gasteiger partial charge in [-0.25, -0.2) is 9.59 Å². The molecule has 9 amide bonds. The fourth-order valence-corrected chi connectivity index (χ4v) is 9.61. The predicted molar refractivity (Wildman–Crippen MR) is 284 cm³/mol. The Labute approximate surface area is 445 Å². The Morgan fingerprint density at radius 3 is 1.95 bits per heavy atom. The van der Waals surface area contributed by atoms with Crippen LogP contribution in [0.2, 0.25) is 0 Å². The summed E-state index contributed by atoms with van der Waals surface area (Å²) >= 11 is 0. The van der Waals surface area contributed by atoms with Crippen LogP contribution in [0.15, 0.2) is 30.3 Å². The summed E-state index contributed by atoms with van der Waals surface area (Å²) < 4.78 is 17.6. The summed E-state index contributed by atoms with van der Waals surface area (Å²) in [6.07, 6.45) is -2.39. The van der Waals surface area contributed by atoms with Gasteiger partial charge in [0.25, 0.3) is 0 Å². The van der Waals surface area contributed by atoms with Crippen molar-refractivity contribution in [3.8, 4) is 0 Å². The summed E-state index contributed by atoms with van der Waals surface area (Å²) in [6.45, 7) is 19.9. The second kappa shape index (κ2) is 31.5. The zero-order chi connectivity index (χ0) is 57.0. The molecule has 0 aromatic heterocycles. The van der Waals surface area contributed by atoms with Crippen molar-refractivity contribution in [1.82, 2.24) is 41.3 Å². The van der Waals surface area contributed by atoms with Crippen molar-refractivity contribution in [3.05, 3.63) is 35.9 Å². The molecule has 22 nitrogen and oxygen atoms in total. The highest BCUT2D eigenvalue weighted by Gasteiger charge is 2.44. The van der Waals surface area contributed by atoms with Gasteiger partial charge in [0.2, 0.25) is 35.4 Å². The number of nitrogens with one attached hydrogen (secondary N) is 5. The van der Waals surface area contributed by atoms with Gasteiger partial charge in [-0.15, -0.1) is 0 Å². The van der Waals surface area contributed by atoms with E-state index in [1.807, 2.05) is 32.0 Å². The zero-order valence-corrected chi connectivity index (χ0v) is 47.2. The molecule has 0 bridgehead atoms. The molecule has 1 heterocycles. The van der Waals surface area contributed by atoms with E-state index in [2.05, 4.69) is 26.6 Å². The largest absolute Gasteiger partial charge is 0.426 e. The molecule has 75 heavy (non-hydrogen) atoms. The highest BCUT2D eigenvalue weighted by molar-refractivity contribution is 5.92. The van der Waals surface area contributed by atoms with E-state index in [4.69, 9.17) is 25.7 Å². The van der Waals surface area contributed by atoms with E-state index in [0.717, 1.165) is 4.90 Å². The van der Waals surface area contributed by atoms with Gasteiger partial charge in [0.05, 0.1) is 54.8 Å². The van der Waals surface area contributed by atoms with Crippen LogP contribution in [0.4, 0.5) is 9.59 Å². The van der Waals surface area contributed by atoms with Crippen LogP contribution in [-0.2, 0) is 43.0 Å². The van der Waals surface area contributed by atoms with E-state index in [1.54, 1.807) is 79.5 Å². The van der Waals surface area contributed by atoms with E-state index in [9.17, 15) is 43.5 Å². The number of primary amides is 1. The first-order chi connectivity index (χ1) is 35.1. The average molecular weight is 1060 g/mol. The van der Waals surface area contributed by atoms with Crippen LogP contribution in [-0.4, -0.2) is 170 Å². The van der Waals surface area contributed by atoms with Crippen LogP contribution in [0.1, 0.15) is 126 Å². The van der Waals surface area contributed by atoms with Crippen molar-refractivity contribution in [2.45, 2.75) is 182 Å². The third-order valence-corrected chi connectivity index (χ3v) is 14.3. The Morgan fingerprint density at radius 1 is 0.787 bits per heavy atom. The molecule has 0 radical (unpaired) electrons. The summed E-state index contributed by atoms with van der Waals surface area (Å²) in [6, 6.07) is 2.43. The van der Waals surface area contributed by atoms with Crippen molar-refractivity contribution < 1.29 is 57.7 Å². The molecule has 1 aromatic carbocycles. The Bertz CT molecular complexity index is 2010. The van der Waals surface area contributed by atoms with Crippen LogP contribution < -0.4 is 38.1 Å². The topological polar surface area (TPSA) is 306 Å². The molecule has 2 rings (SSSR count). The number of likely N-dealkylation sites (N-methyl/N-ethyl adjacent to an activating group) is 2. The Kier molecular flexibility index (Phi) is 27.5. The minimum atomic E-state index is -1.23. The van der Waals surface area contributed by atoms with Crippen molar-refractivity contribution in [1.29, 1.82) is 0 Å². The molecule has 0 spiro atoms. The molecule has 0 saturated carbocycles. The summed E-state index contributed by atoms with van der Waals surface area (Å²) in [4.78, 5) is 112. The molecule has 22 heteroatoms. The lowest BCUT2D eigenvalue weighted by atomic mass is 9.89. The quantitative estimate of drug-likeness (QED) is 0.0407. The highest BCUT2D eigenvalue weighted by Crippen LogP contribution is 2.30. The SMILES string of the molecule is CC[C@H](C)[C@@H]([C@@H](CC(=O)N1CCCC1[C@H](OC)[C@@H](C)C(=O)N[C@H](C)[C@@H](O)c1ccccc1)OC)N(C)C(=O)[C@@H](NC(=O)[C@H](C(C)C)N(C)C(=O)OC(C)NC(=O)[C@H](CCCNC(N)=O)NC(=O)[C@@H](N)C(C)C)C(C)C. The second-order valence-corrected chi connectivity index (χ2v) is 21.1. The van der Waals surface area contributed by atoms with Gasteiger partial charge in [-0.3, -0.25) is 33.7 Å². The Balaban J connectivity index is 2.25. The Morgan fingerprint density at radius 2 is 1.41 bits per heavy atom. The molecule has 0 aliphatic carbocycles. The van der Waals surface area contributed by atoms with Gasteiger partial charge < -0.3 is 67.2 Å². The van der Waals surface area contributed by atoms with E-state index in [-0.39, 0.29) is 49.5 Å². The molecule has 2 unspecified atom stereocenters. The number of nitrogens with zero attached hydrogens (tertiary/aromatic N) is 3. The summed E-state index contributed by atoms with van der Waals surface area (Å²) in [5, 5.41) is 24.4. The highest BCUT2D eigenvalue weighted by atomic mass is 16.6. The number of likely N-dealkylation sites (tertiary alicyclic amines) is 1. The number of hydrogen-bond acceptors (Lipinski definition) is 13. The first kappa shape index (κ1) is 65.5. The van der Waals surface area contributed by atoms with Gasteiger partial charge in [-0.05, 0) is 68.8 Å². The molecule has 1 fully saturated rings. The third-order valence-electron chi connectivity index (χ3n) is 14.3. The zero-order valence-electron chi connectivity index (χ0n) is 47.2. The summed E-state index contributed by atoms with van der Waals surface area (Å²) in [5.74, 6) is -4.87. The molecule has 13 atom stereocenters. The minimum Gasteiger partial charge on any atom is -0.426 e. The molecule has 10 N–H and O–H groups in total. The second-order valence-electron chi connectivity index (χ2n) is 21.1. The first-order valence-corrected chi connectivity index (χ1v) is 26.4. The van der Waals surface area contributed by atoms with E-state index in [1.165, 1.54) is 33.1 Å². The average Bonchev–Trinajstić information content (AvgIpc) is 3.85. The number of rotatable bonds is 30. The van der Waals surface area contributed by atoms with Crippen LogP contribution in [0.3, 0.4) is 0 Å². The van der Waals surface area contributed by atoms with Gasteiger partial charge in [-0.2, -0.15) is 0 Å². The molecule has 1 saturated heterocycles. The lowest BCUT2D eigenvalue weighted by Crippen LogP contribution is -2.60. The van der Waals surface area contributed by atoms with Crippen LogP contribution >= 0.6 is 0 Å². The van der Waals surface area contributed by atoms with Crippen LogP contribution in [0.25, 0.3) is 0 Å². The number of carbonyl (C=O) groups excluding carboxylic acids is 8. The lowest BCUT2D eigenvalue weighted by molar-refractivity contribution is -0.148. The van der Waals surface area contributed by atoms with E-state index >= 15 is 0 Å². The number of methoxy groups -OCH3 is 2. The minimum absolute atomic E-state index is 0.0897. The monoisotopic (exact) mass is 1060 g/mol. The summed E-state index contributed by atoms with van der Waals surface area (Å²) in [7, 11) is 6.00. The maximum Gasteiger partial charge on any atom is 0.412 e. The first-order valence-electron chi connectivity index (χ1n) is 26.4. The van der Waals surface area contributed by atoms with E-state index in [0.29, 0.717) is 31.4 Å². The number of nitrogens with two attached hydrogens (primary N) is 2. The number of aliphatic hydroxyl groups excluding tert-OH is 1. The number of hydrogen-bond donors (Lipinski definition) is 8. The number of aliphatic hydroxyl groups is 1. The molecular formula is C53H92N10O12. The van der Waals surface area contributed by atoms with Crippen molar-refractivity contribution >= 4 is 47.6 Å². The van der Waals surface area contributed by atoms with Crippen molar-refractivity contribution in [2.24, 2.45) is 41.1 Å². The van der Waals surface area contributed by atoms with Gasteiger partial charge in [0, 0.05) is 41.4 Å².